The van der Waals surface area contributed by atoms with Crippen molar-refractivity contribution in [3.63, 3.8) is 0 Å². The van der Waals surface area contributed by atoms with Gasteiger partial charge in [-0.1, -0.05) is 74.4 Å². The van der Waals surface area contributed by atoms with Crippen molar-refractivity contribution in [2.24, 2.45) is 5.73 Å². The number of nitrogens with zero attached hydrogens (tertiary/aromatic N) is 2. The molecule has 39 heavy (non-hydrogen) atoms. The van der Waals surface area contributed by atoms with Gasteiger partial charge >= 0.3 is 6.18 Å². The average Bonchev–Trinajstić information content (AvgIpc) is 3.41. The van der Waals surface area contributed by atoms with Gasteiger partial charge in [0.15, 0.2) is 5.69 Å². The molecule has 0 spiro atoms. The molecule has 0 bridgehead atoms. The van der Waals surface area contributed by atoms with Crippen LogP contribution in [0.25, 0.3) is 5.69 Å². The SMILES string of the molecule is CCCCCNC(c1ccccc1)c1cccc(NC(=O)c2cc(C(F)(F)F)nn2-c2cccc(CN)c2)c1. The fourth-order valence-corrected chi connectivity index (χ4v) is 4.38. The van der Waals surface area contributed by atoms with Crippen molar-refractivity contribution < 1.29 is 18.0 Å². The molecule has 6 nitrogen and oxygen atoms in total. The summed E-state index contributed by atoms with van der Waals surface area (Å²) in [7, 11) is 0. The fourth-order valence-electron chi connectivity index (χ4n) is 4.38. The molecule has 1 unspecified atom stereocenters. The Morgan fingerprint density at radius 2 is 1.69 bits per heavy atom. The lowest BCUT2D eigenvalue weighted by molar-refractivity contribution is -0.141. The Morgan fingerprint density at radius 3 is 2.41 bits per heavy atom. The Labute approximate surface area is 226 Å². The van der Waals surface area contributed by atoms with Crippen molar-refractivity contribution in [3.8, 4) is 5.69 Å². The van der Waals surface area contributed by atoms with E-state index in [4.69, 9.17) is 5.73 Å². The van der Waals surface area contributed by atoms with Crippen LogP contribution in [0.1, 0.15) is 65.1 Å². The number of halogens is 3. The van der Waals surface area contributed by atoms with Gasteiger partial charge < -0.3 is 16.4 Å². The summed E-state index contributed by atoms with van der Waals surface area (Å²) in [4.78, 5) is 13.3. The molecule has 0 radical (unpaired) electrons. The standard InChI is InChI=1S/C30H32F3N5O/c1-2-3-7-16-35-28(22-11-5-4-6-12-22)23-13-9-14-24(18-23)36-29(39)26-19-27(30(31,32)33)37-38(26)25-15-8-10-21(17-25)20-34/h4-6,8-15,17-19,28,35H,2-3,7,16,20,34H2,1H3,(H,36,39). The van der Waals surface area contributed by atoms with Crippen LogP contribution in [0.4, 0.5) is 18.9 Å². The topological polar surface area (TPSA) is 85.0 Å². The lowest BCUT2D eigenvalue weighted by Gasteiger charge is -2.21. The van der Waals surface area contributed by atoms with E-state index in [2.05, 4.69) is 22.7 Å². The van der Waals surface area contributed by atoms with Crippen molar-refractivity contribution in [2.45, 2.75) is 44.9 Å². The van der Waals surface area contributed by atoms with E-state index in [0.717, 1.165) is 47.7 Å². The lowest BCUT2D eigenvalue weighted by atomic mass is 9.98. The highest BCUT2D eigenvalue weighted by molar-refractivity contribution is 6.03. The summed E-state index contributed by atoms with van der Waals surface area (Å²) < 4.78 is 41.7. The maximum atomic E-state index is 13.6. The number of unbranched alkanes of at least 4 members (excludes halogenated alkanes) is 2. The number of aromatic nitrogens is 2. The first-order valence-corrected chi connectivity index (χ1v) is 13.0. The first kappa shape index (κ1) is 28.1. The van der Waals surface area contributed by atoms with Crippen LogP contribution in [0, 0.1) is 0 Å². The van der Waals surface area contributed by atoms with Crippen LogP contribution in [0.2, 0.25) is 0 Å². The number of carbonyl (C=O) groups excluding carboxylic acids is 1. The summed E-state index contributed by atoms with van der Waals surface area (Å²) in [5.41, 5.74) is 7.79. The zero-order chi connectivity index (χ0) is 27.8. The molecule has 1 aromatic heterocycles. The van der Waals surface area contributed by atoms with Crippen molar-refractivity contribution in [2.75, 3.05) is 11.9 Å². The third-order valence-corrected chi connectivity index (χ3v) is 6.36. The van der Waals surface area contributed by atoms with Gasteiger partial charge in [-0.15, -0.1) is 0 Å². The third kappa shape index (κ3) is 7.13. The van der Waals surface area contributed by atoms with Crippen LogP contribution in [-0.2, 0) is 12.7 Å². The van der Waals surface area contributed by atoms with Gasteiger partial charge in [0.2, 0.25) is 0 Å². The zero-order valence-electron chi connectivity index (χ0n) is 21.7. The van der Waals surface area contributed by atoms with E-state index in [-0.39, 0.29) is 18.3 Å². The fraction of sp³-hybridized carbons (Fsp3) is 0.267. The van der Waals surface area contributed by atoms with E-state index < -0.39 is 17.8 Å². The molecule has 0 aliphatic carbocycles. The third-order valence-electron chi connectivity index (χ3n) is 6.36. The minimum atomic E-state index is -4.71. The van der Waals surface area contributed by atoms with Crippen LogP contribution in [0.15, 0.2) is 84.9 Å². The molecule has 0 saturated heterocycles. The molecule has 4 rings (SSSR count). The summed E-state index contributed by atoms with van der Waals surface area (Å²) in [6.45, 7) is 3.18. The summed E-state index contributed by atoms with van der Waals surface area (Å²) in [5.74, 6) is -0.708. The molecular weight excluding hydrogens is 503 g/mol. The van der Waals surface area contributed by atoms with Gasteiger partial charge in [-0.3, -0.25) is 4.79 Å². The molecule has 3 aromatic carbocycles. The van der Waals surface area contributed by atoms with Crippen molar-refractivity contribution in [1.82, 2.24) is 15.1 Å². The number of hydrogen-bond acceptors (Lipinski definition) is 4. The van der Waals surface area contributed by atoms with E-state index in [9.17, 15) is 18.0 Å². The minimum absolute atomic E-state index is 0.110. The number of hydrogen-bond donors (Lipinski definition) is 3. The van der Waals surface area contributed by atoms with Gasteiger partial charge in [0.05, 0.1) is 11.7 Å². The molecule has 4 aromatic rings. The van der Waals surface area contributed by atoms with Crippen molar-refractivity contribution in [3.05, 3.63) is 113 Å². The second-order valence-corrected chi connectivity index (χ2v) is 9.28. The summed E-state index contributed by atoms with van der Waals surface area (Å²) >= 11 is 0. The molecule has 1 atom stereocenters. The van der Waals surface area contributed by atoms with Crippen LogP contribution in [0.3, 0.4) is 0 Å². The monoisotopic (exact) mass is 535 g/mol. The molecule has 0 saturated carbocycles. The second-order valence-electron chi connectivity index (χ2n) is 9.28. The Balaban J connectivity index is 1.64. The van der Waals surface area contributed by atoms with E-state index in [1.807, 2.05) is 48.5 Å². The van der Waals surface area contributed by atoms with Crippen LogP contribution < -0.4 is 16.4 Å². The van der Waals surface area contributed by atoms with Crippen molar-refractivity contribution in [1.29, 1.82) is 0 Å². The number of nitrogens with two attached hydrogens (primary N) is 1. The predicted octanol–water partition coefficient (Wildman–Crippen LogP) is 6.47. The number of rotatable bonds is 11. The molecule has 0 fully saturated rings. The van der Waals surface area contributed by atoms with Crippen LogP contribution in [-0.4, -0.2) is 22.2 Å². The highest BCUT2D eigenvalue weighted by Gasteiger charge is 2.36. The Morgan fingerprint density at radius 1 is 0.949 bits per heavy atom. The Hall–Kier alpha value is -3.95. The lowest BCUT2D eigenvalue weighted by Crippen LogP contribution is -2.24. The van der Waals surface area contributed by atoms with Crippen LogP contribution >= 0.6 is 0 Å². The van der Waals surface area contributed by atoms with Gasteiger partial charge in [-0.2, -0.15) is 18.3 Å². The van der Waals surface area contributed by atoms with Crippen LogP contribution in [0.5, 0.6) is 0 Å². The zero-order valence-corrected chi connectivity index (χ0v) is 21.7. The average molecular weight is 536 g/mol. The van der Waals surface area contributed by atoms with Gasteiger partial charge in [0, 0.05) is 18.3 Å². The summed E-state index contributed by atoms with van der Waals surface area (Å²) in [6.07, 6.45) is -1.44. The Bertz CT molecular complexity index is 1380. The first-order valence-electron chi connectivity index (χ1n) is 13.0. The predicted molar refractivity (Wildman–Crippen MR) is 147 cm³/mol. The second kappa shape index (κ2) is 12.7. The van der Waals surface area contributed by atoms with E-state index in [1.165, 1.54) is 0 Å². The number of nitrogens with one attached hydrogen (secondary N) is 2. The smallest absolute Gasteiger partial charge is 0.326 e. The molecule has 4 N–H and O–H groups in total. The Kier molecular flexibility index (Phi) is 9.16. The van der Waals surface area contributed by atoms with Gasteiger partial charge in [-0.05, 0) is 53.9 Å². The van der Waals surface area contributed by atoms with E-state index in [1.54, 1.807) is 30.3 Å². The number of amides is 1. The number of anilines is 1. The highest BCUT2D eigenvalue weighted by atomic mass is 19.4. The largest absolute Gasteiger partial charge is 0.435 e. The van der Waals surface area contributed by atoms with E-state index in [0.29, 0.717) is 16.9 Å². The molecule has 204 valence electrons. The number of carbonyl (C=O) groups is 1. The molecule has 9 heteroatoms. The van der Waals surface area contributed by atoms with Gasteiger partial charge in [0.25, 0.3) is 5.91 Å². The molecular formula is C30H32F3N5O. The summed E-state index contributed by atoms with van der Waals surface area (Å²) in [6, 6.07) is 24.6. The molecule has 0 aliphatic rings. The number of alkyl halides is 3. The normalized spacial score (nSPS) is 12.3. The van der Waals surface area contributed by atoms with Gasteiger partial charge in [0.1, 0.15) is 5.69 Å². The van der Waals surface area contributed by atoms with Gasteiger partial charge in [-0.25, -0.2) is 4.68 Å². The van der Waals surface area contributed by atoms with Crippen molar-refractivity contribution >= 4 is 11.6 Å². The molecule has 1 heterocycles. The summed E-state index contributed by atoms with van der Waals surface area (Å²) in [5, 5.41) is 10.1. The molecule has 1 amide bonds. The maximum absolute atomic E-state index is 13.6. The highest BCUT2D eigenvalue weighted by Crippen LogP contribution is 2.30. The first-order chi connectivity index (χ1) is 18.8. The minimum Gasteiger partial charge on any atom is -0.326 e. The maximum Gasteiger partial charge on any atom is 0.435 e. The molecule has 0 aliphatic heterocycles. The number of benzene rings is 3. The quantitative estimate of drug-likeness (QED) is 0.192. The van der Waals surface area contributed by atoms with E-state index >= 15 is 0 Å².